The van der Waals surface area contributed by atoms with Crippen LogP contribution in [0.15, 0.2) is 71.9 Å². The van der Waals surface area contributed by atoms with Crippen LogP contribution >= 0.6 is 11.8 Å². The van der Waals surface area contributed by atoms with Gasteiger partial charge in [-0.25, -0.2) is 4.90 Å². The minimum atomic E-state index is -0.331. The van der Waals surface area contributed by atoms with Crippen LogP contribution in [0.5, 0.6) is 0 Å². The molecule has 37 heavy (non-hydrogen) atoms. The minimum absolute atomic E-state index is 0.111. The monoisotopic (exact) mass is 511 g/mol. The summed E-state index contributed by atoms with van der Waals surface area (Å²) in [5.41, 5.74) is 4.97. The number of fused-ring (bicyclic) bond motifs is 1. The quantitative estimate of drug-likeness (QED) is 0.273. The molecular formula is C28H25N5O3S. The van der Waals surface area contributed by atoms with Crippen molar-refractivity contribution in [3.05, 3.63) is 89.0 Å². The van der Waals surface area contributed by atoms with Crippen molar-refractivity contribution < 1.29 is 14.4 Å². The second-order valence-electron chi connectivity index (χ2n) is 8.69. The molecule has 0 spiro atoms. The molecule has 0 atom stereocenters. The maximum Gasteiger partial charge on any atom is 0.266 e. The standard InChI is InChI=1S/C28H25N5O3S/c1-4-32-25(30-31-28(32)37-16-23(34)29-24-17(2)8-7-9-18(24)3)19-12-14-20(15-13-19)33-26(35)21-10-5-6-11-22(21)27(33)36/h5-15H,4,16H2,1-3H3,(H,29,34). The molecule has 0 saturated heterocycles. The maximum atomic E-state index is 12.8. The van der Waals surface area contributed by atoms with Crippen LogP contribution in [0.3, 0.4) is 0 Å². The van der Waals surface area contributed by atoms with E-state index >= 15 is 0 Å². The SMILES string of the molecule is CCn1c(SCC(=O)Nc2c(C)cccc2C)nnc1-c1ccc(N2C(=O)c3ccccc3C2=O)cc1. The molecule has 2 heterocycles. The van der Waals surface area contributed by atoms with E-state index in [1.54, 1.807) is 36.4 Å². The second kappa shape index (κ2) is 10.0. The van der Waals surface area contributed by atoms with Gasteiger partial charge in [0.05, 0.1) is 22.6 Å². The first-order valence-electron chi connectivity index (χ1n) is 11.9. The van der Waals surface area contributed by atoms with Crippen LogP contribution in [0.25, 0.3) is 11.4 Å². The molecule has 5 rings (SSSR count). The molecule has 0 saturated carbocycles. The number of aromatic nitrogens is 3. The molecule has 3 amide bonds. The molecule has 9 heteroatoms. The number of carbonyl (C=O) groups excluding carboxylic acids is 3. The number of nitrogens with zero attached hydrogens (tertiary/aromatic N) is 4. The Kier molecular flexibility index (Phi) is 6.62. The smallest absolute Gasteiger partial charge is 0.266 e. The third-order valence-electron chi connectivity index (χ3n) is 6.29. The summed E-state index contributed by atoms with van der Waals surface area (Å²) in [6, 6.07) is 19.8. The molecule has 1 aliphatic heterocycles. The average molecular weight is 512 g/mol. The summed E-state index contributed by atoms with van der Waals surface area (Å²) in [7, 11) is 0. The third kappa shape index (κ3) is 4.53. The van der Waals surface area contributed by atoms with Crippen molar-refractivity contribution in [2.75, 3.05) is 16.0 Å². The highest BCUT2D eigenvalue weighted by Gasteiger charge is 2.36. The lowest BCUT2D eigenvalue weighted by molar-refractivity contribution is -0.113. The normalized spacial score (nSPS) is 12.7. The van der Waals surface area contributed by atoms with Gasteiger partial charge in [-0.1, -0.05) is 42.1 Å². The molecule has 1 aliphatic rings. The highest BCUT2D eigenvalue weighted by Crippen LogP contribution is 2.31. The largest absolute Gasteiger partial charge is 0.325 e. The number of carbonyl (C=O) groups is 3. The predicted molar refractivity (Wildman–Crippen MR) is 144 cm³/mol. The Morgan fingerprint density at radius 3 is 2.08 bits per heavy atom. The van der Waals surface area contributed by atoms with Crippen LogP contribution < -0.4 is 10.2 Å². The second-order valence-corrected chi connectivity index (χ2v) is 9.63. The van der Waals surface area contributed by atoms with Crippen LogP contribution in [0, 0.1) is 13.8 Å². The Morgan fingerprint density at radius 2 is 1.49 bits per heavy atom. The zero-order chi connectivity index (χ0) is 26.1. The first kappa shape index (κ1) is 24.5. The summed E-state index contributed by atoms with van der Waals surface area (Å²) in [5, 5.41) is 12.3. The fraction of sp³-hybridized carbons (Fsp3) is 0.179. The van der Waals surface area contributed by atoms with Crippen LogP contribution in [0.2, 0.25) is 0 Å². The summed E-state index contributed by atoms with van der Waals surface area (Å²) in [4.78, 5) is 39.4. The van der Waals surface area contributed by atoms with Gasteiger partial charge in [0.1, 0.15) is 0 Å². The van der Waals surface area contributed by atoms with Crippen molar-refractivity contribution in [3.63, 3.8) is 0 Å². The number of hydrogen-bond donors (Lipinski definition) is 1. The minimum Gasteiger partial charge on any atom is -0.325 e. The lowest BCUT2D eigenvalue weighted by atomic mass is 10.1. The van der Waals surface area contributed by atoms with E-state index in [0.717, 1.165) is 22.4 Å². The van der Waals surface area contributed by atoms with Gasteiger partial charge in [-0.2, -0.15) is 0 Å². The van der Waals surface area contributed by atoms with Crippen molar-refractivity contribution >= 4 is 40.9 Å². The summed E-state index contributed by atoms with van der Waals surface area (Å²) < 4.78 is 1.94. The van der Waals surface area contributed by atoms with Crippen molar-refractivity contribution in [1.82, 2.24) is 14.8 Å². The molecule has 0 radical (unpaired) electrons. The maximum absolute atomic E-state index is 12.8. The number of thioether (sulfide) groups is 1. The highest BCUT2D eigenvalue weighted by atomic mass is 32.2. The van der Waals surface area contributed by atoms with Crippen LogP contribution in [-0.4, -0.2) is 38.2 Å². The van der Waals surface area contributed by atoms with Gasteiger partial charge in [0, 0.05) is 17.8 Å². The summed E-state index contributed by atoms with van der Waals surface area (Å²) >= 11 is 1.32. The van der Waals surface area contributed by atoms with Crippen molar-refractivity contribution in [3.8, 4) is 11.4 Å². The van der Waals surface area contributed by atoms with E-state index in [9.17, 15) is 14.4 Å². The Balaban J connectivity index is 1.30. The molecule has 3 aromatic carbocycles. The Morgan fingerprint density at radius 1 is 0.865 bits per heavy atom. The summed E-state index contributed by atoms with van der Waals surface area (Å²) in [5.74, 6) is 0.0738. The molecular weight excluding hydrogens is 486 g/mol. The molecule has 4 aromatic rings. The Hall–Kier alpha value is -4.24. The Labute approximate surface area is 218 Å². The molecule has 1 N–H and O–H groups in total. The molecule has 186 valence electrons. The van der Waals surface area contributed by atoms with E-state index in [0.29, 0.717) is 34.3 Å². The number of para-hydroxylation sites is 1. The summed E-state index contributed by atoms with van der Waals surface area (Å²) in [6.07, 6.45) is 0. The zero-order valence-corrected chi connectivity index (χ0v) is 21.5. The molecule has 0 aliphatic carbocycles. The fourth-order valence-corrected chi connectivity index (χ4v) is 5.20. The fourth-order valence-electron chi connectivity index (χ4n) is 4.39. The van der Waals surface area contributed by atoms with Crippen molar-refractivity contribution in [1.29, 1.82) is 0 Å². The van der Waals surface area contributed by atoms with Gasteiger partial charge >= 0.3 is 0 Å². The zero-order valence-electron chi connectivity index (χ0n) is 20.7. The summed E-state index contributed by atoms with van der Waals surface area (Å²) in [6.45, 7) is 6.54. The molecule has 0 unspecified atom stereocenters. The van der Waals surface area contributed by atoms with E-state index in [4.69, 9.17) is 0 Å². The van der Waals surface area contributed by atoms with Crippen LogP contribution in [0.4, 0.5) is 11.4 Å². The average Bonchev–Trinajstić information content (AvgIpc) is 3.43. The third-order valence-corrected chi connectivity index (χ3v) is 7.26. The van der Waals surface area contributed by atoms with Crippen molar-refractivity contribution in [2.24, 2.45) is 0 Å². The Bertz CT molecular complexity index is 1470. The van der Waals surface area contributed by atoms with Gasteiger partial charge in [-0.15, -0.1) is 10.2 Å². The van der Waals surface area contributed by atoms with Gasteiger partial charge < -0.3 is 9.88 Å². The highest BCUT2D eigenvalue weighted by molar-refractivity contribution is 7.99. The molecule has 0 bridgehead atoms. The first-order chi connectivity index (χ1) is 17.9. The number of anilines is 2. The van der Waals surface area contributed by atoms with Gasteiger partial charge in [0.15, 0.2) is 11.0 Å². The lowest BCUT2D eigenvalue weighted by Gasteiger charge is -2.14. The molecule has 8 nitrogen and oxygen atoms in total. The number of hydrogen-bond acceptors (Lipinski definition) is 6. The lowest BCUT2D eigenvalue weighted by Crippen LogP contribution is -2.29. The van der Waals surface area contributed by atoms with E-state index in [1.807, 2.05) is 55.7 Å². The van der Waals surface area contributed by atoms with Crippen LogP contribution in [0.1, 0.15) is 38.8 Å². The molecule has 0 fully saturated rings. The van der Waals surface area contributed by atoms with E-state index < -0.39 is 0 Å². The van der Waals surface area contributed by atoms with E-state index in [1.165, 1.54) is 16.7 Å². The number of aryl methyl sites for hydroxylation is 2. The van der Waals surface area contributed by atoms with E-state index in [-0.39, 0.29) is 23.5 Å². The number of benzene rings is 3. The number of imide groups is 1. The molecule has 1 aromatic heterocycles. The number of rotatable bonds is 7. The van der Waals surface area contributed by atoms with Gasteiger partial charge in [-0.05, 0) is 68.3 Å². The van der Waals surface area contributed by atoms with Gasteiger partial charge in [-0.3, -0.25) is 14.4 Å². The van der Waals surface area contributed by atoms with Crippen molar-refractivity contribution in [2.45, 2.75) is 32.5 Å². The van der Waals surface area contributed by atoms with Gasteiger partial charge in [0.2, 0.25) is 5.91 Å². The number of amides is 3. The topological polar surface area (TPSA) is 97.2 Å². The predicted octanol–water partition coefficient (Wildman–Crippen LogP) is 5.11. The first-order valence-corrected chi connectivity index (χ1v) is 12.9. The van der Waals surface area contributed by atoms with Crippen LogP contribution in [-0.2, 0) is 11.3 Å². The number of nitrogens with one attached hydrogen (secondary N) is 1. The van der Waals surface area contributed by atoms with Gasteiger partial charge in [0.25, 0.3) is 11.8 Å². The van der Waals surface area contributed by atoms with E-state index in [2.05, 4.69) is 15.5 Å².